The van der Waals surface area contributed by atoms with Gasteiger partial charge in [-0.15, -0.1) is 0 Å². The molecule has 134 valence electrons. The largest absolute Gasteiger partial charge is 0.478 e. The molecule has 2 rings (SSSR count). The minimum absolute atomic E-state index is 0.102. The van der Waals surface area contributed by atoms with E-state index in [0.29, 0.717) is 5.31 Å². The number of aromatic carboxylic acids is 1. The number of benzene rings is 2. The lowest BCUT2D eigenvalue weighted by Gasteiger charge is -2.17. The smallest absolute Gasteiger partial charge is 0.335 e. The molecule has 0 amide bonds. The van der Waals surface area contributed by atoms with Gasteiger partial charge in [0.15, 0.2) is 7.16 Å². The van der Waals surface area contributed by atoms with Gasteiger partial charge in [-0.3, -0.25) is 0 Å². The minimum atomic E-state index is -4.90. The van der Waals surface area contributed by atoms with Crippen LogP contribution in [0.1, 0.15) is 35.5 Å². The van der Waals surface area contributed by atoms with E-state index in [1.807, 2.05) is 0 Å². The van der Waals surface area contributed by atoms with Crippen molar-refractivity contribution in [2.24, 2.45) is 5.13 Å². The van der Waals surface area contributed by atoms with Crippen LogP contribution in [0, 0.1) is 0 Å². The number of nitrogens with two attached hydrogens (primary N) is 1. The Labute approximate surface area is 158 Å². The number of rotatable bonds is 9. The first-order valence-electron chi connectivity index (χ1n) is 10.9. The van der Waals surface area contributed by atoms with Gasteiger partial charge < -0.3 is 15.2 Å². The summed E-state index contributed by atoms with van der Waals surface area (Å²) in [6, 6.07) is 9.35. The van der Waals surface area contributed by atoms with Crippen molar-refractivity contribution in [3.05, 3.63) is 48.0 Å². The molecule has 0 radical (unpaired) electrons. The number of anilines is 1. The van der Waals surface area contributed by atoms with Crippen molar-refractivity contribution in [3.8, 4) is 11.5 Å². The summed E-state index contributed by atoms with van der Waals surface area (Å²) < 4.78 is 90.6. The SMILES string of the molecule is [2H]OC(=O)c1cc(N([2H])C([2H])CCC([2H])([2H])[2H])c(Oc2ccccc2)c(S(=O)(=O)N([2H])[2H])c1. The van der Waals surface area contributed by atoms with Crippen molar-refractivity contribution in [1.29, 1.82) is 1.43 Å². The quantitative estimate of drug-likeness (QED) is 0.622. The molecule has 25 heavy (non-hydrogen) atoms. The molecule has 4 N–H and O–H groups in total. The van der Waals surface area contributed by atoms with Gasteiger partial charge in [0.05, 0.1) is 11.3 Å². The average molecular weight is 372 g/mol. The van der Waals surface area contributed by atoms with Crippen molar-refractivity contribution < 1.29 is 32.8 Å². The molecule has 0 saturated heterocycles. The Kier molecular flexibility index (Phi) is 3.33. The first-order chi connectivity index (χ1) is 15.3. The van der Waals surface area contributed by atoms with Crippen molar-refractivity contribution in [3.63, 3.8) is 0 Å². The van der Waals surface area contributed by atoms with E-state index in [0.717, 1.165) is 12.1 Å². The number of carbonyl (C=O) groups is 1. The fourth-order valence-corrected chi connectivity index (χ4v) is 2.59. The fraction of sp³-hybridized carbons (Fsp3) is 0.235. The predicted molar refractivity (Wildman–Crippen MR) is 94.7 cm³/mol. The molecule has 2 aromatic carbocycles. The van der Waals surface area contributed by atoms with Crippen LogP contribution in [0.25, 0.3) is 1.43 Å². The Morgan fingerprint density at radius 1 is 1.48 bits per heavy atom. The van der Waals surface area contributed by atoms with Crippen LogP contribution >= 0.6 is 0 Å². The van der Waals surface area contributed by atoms with Gasteiger partial charge in [0.2, 0.25) is 10.0 Å². The van der Waals surface area contributed by atoms with Crippen molar-refractivity contribution in [2.75, 3.05) is 11.8 Å². The zero-order valence-electron chi connectivity index (χ0n) is 20.9. The third-order valence-electron chi connectivity index (χ3n) is 3.02. The normalized spacial score (nSPS) is 17.5. The van der Waals surface area contributed by atoms with Gasteiger partial charge in [0, 0.05) is 12.0 Å². The summed E-state index contributed by atoms with van der Waals surface area (Å²) in [5, 5.41) is 3.70. The Morgan fingerprint density at radius 2 is 2.28 bits per heavy atom. The highest BCUT2D eigenvalue weighted by Gasteiger charge is 2.23. The number of ether oxygens (including phenoxy) is 1. The second kappa shape index (κ2) is 8.00. The van der Waals surface area contributed by atoms with E-state index in [1.54, 1.807) is 18.2 Å². The van der Waals surface area contributed by atoms with Crippen LogP contribution in [-0.4, -0.2) is 26.0 Å². The number of primary sulfonamides is 1. The van der Waals surface area contributed by atoms with E-state index >= 15 is 0 Å². The summed E-state index contributed by atoms with van der Waals surface area (Å²) >= 11 is 0. The molecule has 0 bridgehead atoms. The molecule has 8 heteroatoms. The van der Waals surface area contributed by atoms with Crippen LogP contribution in [0.3, 0.4) is 0 Å². The molecule has 0 saturated carbocycles. The van der Waals surface area contributed by atoms with Gasteiger partial charge in [0.1, 0.15) is 13.5 Å². The Hall–Kier alpha value is -2.58. The molecule has 0 aliphatic heterocycles. The molecule has 2 aromatic rings. The van der Waals surface area contributed by atoms with Crippen molar-refractivity contribution in [2.45, 2.75) is 24.6 Å². The fourth-order valence-electron chi connectivity index (χ4n) is 1.93. The van der Waals surface area contributed by atoms with E-state index < -0.39 is 62.8 Å². The van der Waals surface area contributed by atoms with Crippen molar-refractivity contribution in [1.82, 2.24) is 0 Å². The summed E-state index contributed by atoms with van der Waals surface area (Å²) in [4.78, 5) is 11.1. The molecule has 7 nitrogen and oxygen atoms in total. The topological polar surface area (TPSA) is 119 Å². The number of hydrogen-bond acceptors (Lipinski definition) is 6. The predicted octanol–water partition coefficient (Wildman–Crippen LogP) is 3.04. The van der Waals surface area contributed by atoms with Gasteiger partial charge in [0.25, 0.3) is 1.43 Å². The lowest BCUT2D eigenvalue weighted by Crippen LogP contribution is -2.16. The third-order valence-corrected chi connectivity index (χ3v) is 3.87. The number of nitrogens with one attached hydrogen (secondary N) is 1. The Morgan fingerprint density at radius 3 is 2.96 bits per heavy atom. The van der Waals surface area contributed by atoms with Crippen LogP contribution in [-0.2, 0) is 10.0 Å². The molecule has 0 aliphatic rings. The van der Waals surface area contributed by atoms with E-state index in [9.17, 15) is 13.2 Å². The van der Waals surface area contributed by atoms with Crippen LogP contribution in [0.5, 0.6) is 11.5 Å². The lowest BCUT2D eigenvalue weighted by molar-refractivity contribution is 0.0696. The summed E-state index contributed by atoms with van der Waals surface area (Å²) in [5.41, 5.74) is -0.978. The summed E-state index contributed by atoms with van der Waals surface area (Å²) in [7, 11) is -4.90. The first kappa shape index (κ1) is 10.4. The number of carboxylic acid groups (broad SMARTS) is 1. The van der Waals surface area contributed by atoms with E-state index in [1.165, 1.54) is 12.1 Å². The second-order valence-electron chi connectivity index (χ2n) is 4.85. The molecule has 1 unspecified atom stereocenters. The maximum absolute atomic E-state index is 12.7. The molecule has 0 aromatic heterocycles. The maximum atomic E-state index is 12.7. The molecule has 0 heterocycles. The summed E-state index contributed by atoms with van der Waals surface area (Å²) in [5.74, 6) is -1.78. The molecular weight excluding hydrogens is 344 g/mol. The van der Waals surface area contributed by atoms with E-state index in [2.05, 4.69) is 5.11 Å². The average Bonchev–Trinajstić information content (AvgIpc) is 2.76. The number of hydrogen-bond donors (Lipinski definition) is 3. The second-order valence-corrected chi connectivity index (χ2v) is 6.24. The minimum Gasteiger partial charge on any atom is -0.478 e. The number of para-hydroxylation sites is 1. The van der Waals surface area contributed by atoms with Crippen LogP contribution in [0.4, 0.5) is 5.69 Å². The Balaban J connectivity index is 2.73. The monoisotopic (exact) mass is 372 g/mol. The molecule has 1 atom stereocenters. The summed E-state index contributed by atoms with van der Waals surface area (Å²) in [6.45, 7) is -3.89. The van der Waals surface area contributed by atoms with Gasteiger partial charge in [-0.1, -0.05) is 31.5 Å². The maximum Gasteiger partial charge on any atom is 0.335 e. The molecule has 0 fully saturated rings. The van der Waals surface area contributed by atoms with Crippen LogP contribution in [0.2, 0.25) is 4.24 Å². The van der Waals surface area contributed by atoms with Gasteiger partial charge >= 0.3 is 5.97 Å². The lowest BCUT2D eigenvalue weighted by atomic mass is 10.1. The molecule has 0 aliphatic carbocycles. The third kappa shape index (κ3) is 4.94. The highest BCUT2D eigenvalue weighted by molar-refractivity contribution is 7.89. The van der Waals surface area contributed by atoms with E-state index in [4.69, 9.17) is 15.9 Å². The molecule has 0 spiro atoms. The molecular formula is C17H20N2O5S. The highest BCUT2D eigenvalue weighted by atomic mass is 32.2. The van der Waals surface area contributed by atoms with Gasteiger partial charge in [-0.05, 0) is 30.7 Å². The van der Waals surface area contributed by atoms with E-state index in [-0.39, 0.29) is 12.2 Å². The van der Waals surface area contributed by atoms with Crippen LogP contribution < -0.4 is 15.2 Å². The number of sulfonamides is 1. The van der Waals surface area contributed by atoms with Gasteiger partial charge in [-0.25, -0.2) is 18.3 Å². The first-order valence-corrected chi connectivity index (χ1v) is 8.54. The van der Waals surface area contributed by atoms with Gasteiger partial charge in [-0.2, -0.15) is 0 Å². The Bertz CT molecular complexity index is 1080. The standard InChI is InChI=1S/C17H20N2O5S/c1-2-3-9-19-14-10-12(17(20)21)11-15(25(18,22)23)16(14)24-13-7-5-4-6-8-13/h4-8,10-11,19H,2-3,9H2,1H3,(H,20,21)(H2,18,22,23)/i1D3,9D/hD4. The highest BCUT2D eigenvalue weighted by Crippen LogP contribution is 2.37. The van der Waals surface area contributed by atoms with Crippen molar-refractivity contribution >= 4 is 21.7 Å². The zero-order valence-corrected chi connectivity index (χ0v) is 13.7. The zero-order chi connectivity index (χ0) is 25.0. The van der Waals surface area contributed by atoms with Crippen LogP contribution in [0.15, 0.2) is 47.4 Å². The summed E-state index contributed by atoms with van der Waals surface area (Å²) in [6.07, 6.45) is -0.735. The number of carboxylic acids is 1.